The average molecular weight is 284 g/mol. The molecule has 1 N–H and O–H groups in total. The zero-order valence-corrected chi connectivity index (χ0v) is 10.3. The fourth-order valence-electron chi connectivity index (χ4n) is 0.935. The normalized spacial score (nSPS) is 13.2. The first kappa shape index (κ1) is 13.6. The molecule has 0 aromatic heterocycles. The summed E-state index contributed by atoms with van der Waals surface area (Å²) in [5.74, 6) is -0.283. The summed E-state index contributed by atoms with van der Waals surface area (Å²) in [5.41, 5.74) is 0. The number of carbonyl (C=O) groups excluding carboxylic acids is 1. The van der Waals surface area contributed by atoms with Gasteiger partial charge >= 0.3 is 5.97 Å². The van der Waals surface area contributed by atoms with Crippen LogP contribution in [0.4, 0.5) is 0 Å². The van der Waals surface area contributed by atoms with Crippen LogP contribution in [-0.4, -0.2) is 21.0 Å². The first-order chi connectivity index (χ1) is 7.39. The Labute approximate surface area is 108 Å². The molecule has 6 heteroatoms. The molecule has 0 fully saturated rings. The van der Waals surface area contributed by atoms with Gasteiger partial charge in [-0.25, -0.2) is 0 Å². The van der Waals surface area contributed by atoms with Gasteiger partial charge in [0.05, 0.1) is 6.42 Å². The smallest absolute Gasteiger partial charge is 0.313 e. The number of aliphatic hydroxyl groups excluding tert-OH is 1. The molecule has 0 spiro atoms. The van der Waals surface area contributed by atoms with Crippen molar-refractivity contribution in [3.63, 3.8) is 0 Å². The third-order valence-electron chi connectivity index (χ3n) is 1.71. The van der Waals surface area contributed by atoms with E-state index in [0.717, 1.165) is 0 Å². The highest BCUT2D eigenvalue weighted by Gasteiger charge is 2.33. The predicted molar refractivity (Wildman–Crippen MR) is 63.0 cm³/mol. The Hall–Kier alpha value is -0.480. The second-order valence-corrected chi connectivity index (χ2v) is 5.42. The number of para-hydroxylation sites is 1. The summed E-state index contributed by atoms with van der Waals surface area (Å²) in [5, 5.41) is 9.34. The van der Waals surface area contributed by atoms with Gasteiger partial charge < -0.3 is 9.84 Å². The molecule has 88 valence electrons. The number of carbonyl (C=O) groups is 1. The summed E-state index contributed by atoms with van der Waals surface area (Å²) in [7, 11) is 0. The fourth-order valence-corrected chi connectivity index (χ4v) is 1.17. The Morgan fingerprint density at radius 1 is 1.31 bits per heavy atom. The van der Waals surface area contributed by atoms with Gasteiger partial charge in [-0.15, -0.1) is 0 Å². The molecule has 0 amide bonds. The van der Waals surface area contributed by atoms with Crippen molar-refractivity contribution in [2.75, 3.05) is 0 Å². The Balaban J connectivity index is 2.49. The fraction of sp³-hybridized carbons (Fsp3) is 0.300. The molecule has 0 aliphatic carbocycles. The van der Waals surface area contributed by atoms with Crippen LogP contribution in [0.25, 0.3) is 0 Å². The molecule has 1 aromatic rings. The maximum atomic E-state index is 11.3. The highest BCUT2D eigenvalue weighted by Crippen LogP contribution is 2.31. The molecule has 16 heavy (non-hydrogen) atoms. The molecule has 1 rings (SSSR count). The van der Waals surface area contributed by atoms with Crippen molar-refractivity contribution < 1.29 is 14.6 Å². The Kier molecular flexibility index (Phi) is 4.87. The molecule has 0 bridgehead atoms. The minimum Gasteiger partial charge on any atom is -0.426 e. The largest absolute Gasteiger partial charge is 0.426 e. The van der Waals surface area contributed by atoms with Crippen molar-refractivity contribution in [2.45, 2.75) is 16.3 Å². The maximum Gasteiger partial charge on any atom is 0.313 e. The topological polar surface area (TPSA) is 46.5 Å². The predicted octanol–water partition coefficient (Wildman–Crippen LogP) is 2.71. The van der Waals surface area contributed by atoms with Gasteiger partial charge in [-0.3, -0.25) is 4.79 Å². The van der Waals surface area contributed by atoms with Gasteiger partial charge in [0.1, 0.15) is 11.9 Å². The summed E-state index contributed by atoms with van der Waals surface area (Å²) in [4.78, 5) is 11.3. The molecule has 1 aromatic carbocycles. The van der Waals surface area contributed by atoms with Crippen LogP contribution in [0.15, 0.2) is 30.3 Å². The summed E-state index contributed by atoms with van der Waals surface area (Å²) in [6.07, 6.45) is -1.78. The summed E-state index contributed by atoms with van der Waals surface area (Å²) < 4.78 is 3.01. The van der Waals surface area contributed by atoms with Crippen LogP contribution in [0.1, 0.15) is 6.42 Å². The van der Waals surface area contributed by atoms with Gasteiger partial charge in [0, 0.05) is 0 Å². The highest BCUT2D eigenvalue weighted by atomic mass is 35.6. The number of aliphatic hydroxyl groups is 1. The van der Waals surface area contributed by atoms with Gasteiger partial charge in [0.15, 0.2) is 0 Å². The van der Waals surface area contributed by atoms with E-state index in [1.807, 2.05) is 0 Å². The molecule has 1 unspecified atom stereocenters. The van der Waals surface area contributed by atoms with Crippen molar-refractivity contribution in [2.24, 2.45) is 0 Å². The van der Waals surface area contributed by atoms with Crippen molar-refractivity contribution >= 4 is 40.8 Å². The lowest BCUT2D eigenvalue weighted by Crippen LogP contribution is -2.29. The Morgan fingerprint density at radius 3 is 2.38 bits per heavy atom. The van der Waals surface area contributed by atoms with E-state index in [-0.39, 0.29) is 6.42 Å². The summed E-state index contributed by atoms with van der Waals surface area (Å²) >= 11 is 16.2. The van der Waals surface area contributed by atoms with E-state index in [1.165, 1.54) is 0 Å². The van der Waals surface area contributed by atoms with Crippen molar-refractivity contribution in [3.8, 4) is 5.75 Å². The van der Waals surface area contributed by atoms with Crippen LogP contribution in [0.5, 0.6) is 5.75 Å². The highest BCUT2D eigenvalue weighted by molar-refractivity contribution is 6.68. The molecule has 3 nitrogen and oxygen atoms in total. The van der Waals surface area contributed by atoms with Gasteiger partial charge in [0.2, 0.25) is 3.79 Å². The molecule has 0 heterocycles. The van der Waals surface area contributed by atoms with E-state index in [1.54, 1.807) is 30.3 Å². The summed E-state index contributed by atoms with van der Waals surface area (Å²) in [6.45, 7) is 0. The lowest BCUT2D eigenvalue weighted by atomic mass is 10.3. The van der Waals surface area contributed by atoms with Gasteiger partial charge in [0.25, 0.3) is 0 Å². The number of esters is 1. The van der Waals surface area contributed by atoms with Gasteiger partial charge in [-0.2, -0.15) is 0 Å². The minimum atomic E-state index is -1.89. The first-order valence-electron chi connectivity index (χ1n) is 4.40. The molecular weight excluding hydrogens is 274 g/mol. The van der Waals surface area contributed by atoms with Crippen LogP contribution in [0.3, 0.4) is 0 Å². The van der Waals surface area contributed by atoms with Crippen LogP contribution in [0.2, 0.25) is 0 Å². The monoisotopic (exact) mass is 282 g/mol. The standard InChI is InChI=1S/C10H9Cl3O3/c11-10(12,13)8(14)6-9(15)16-7-4-2-1-3-5-7/h1-5,8,14H,6H2. The maximum absolute atomic E-state index is 11.3. The number of rotatable bonds is 3. The van der Waals surface area contributed by atoms with Crippen LogP contribution >= 0.6 is 34.8 Å². The molecule has 0 aliphatic heterocycles. The molecule has 0 aliphatic rings. The average Bonchev–Trinajstić information content (AvgIpc) is 2.17. The number of halogens is 3. The van der Waals surface area contributed by atoms with Crippen molar-refractivity contribution in [3.05, 3.63) is 30.3 Å². The number of benzene rings is 1. The van der Waals surface area contributed by atoms with E-state index < -0.39 is 15.9 Å². The van der Waals surface area contributed by atoms with E-state index >= 15 is 0 Å². The van der Waals surface area contributed by atoms with Crippen LogP contribution in [-0.2, 0) is 4.79 Å². The van der Waals surface area contributed by atoms with Gasteiger partial charge in [-0.1, -0.05) is 53.0 Å². The lowest BCUT2D eigenvalue weighted by molar-refractivity contribution is -0.136. The molecular formula is C10H9Cl3O3. The zero-order chi connectivity index (χ0) is 12.2. The van der Waals surface area contributed by atoms with Gasteiger partial charge in [-0.05, 0) is 12.1 Å². The van der Waals surface area contributed by atoms with E-state index in [2.05, 4.69) is 0 Å². The third kappa shape index (κ3) is 4.58. The van der Waals surface area contributed by atoms with E-state index in [9.17, 15) is 9.90 Å². The first-order valence-corrected chi connectivity index (χ1v) is 5.53. The quantitative estimate of drug-likeness (QED) is 0.527. The van der Waals surface area contributed by atoms with Crippen molar-refractivity contribution in [1.29, 1.82) is 0 Å². The number of ether oxygens (including phenoxy) is 1. The van der Waals surface area contributed by atoms with E-state index in [0.29, 0.717) is 5.75 Å². The second-order valence-electron chi connectivity index (χ2n) is 3.05. The molecule has 1 atom stereocenters. The Bertz CT molecular complexity index is 348. The molecule has 0 saturated heterocycles. The number of hydrogen-bond donors (Lipinski definition) is 1. The number of alkyl halides is 3. The SMILES string of the molecule is O=C(CC(O)C(Cl)(Cl)Cl)Oc1ccccc1. The van der Waals surface area contributed by atoms with E-state index in [4.69, 9.17) is 39.5 Å². The zero-order valence-electron chi connectivity index (χ0n) is 8.07. The van der Waals surface area contributed by atoms with Crippen LogP contribution < -0.4 is 4.74 Å². The number of hydrogen-bond acceptors (Lipinski definition) is 3. The molecule has 0 saturated carbocycles. The lowest BCUT2D eigenvalue weighted by Gasteiger charge is -2.17. The minimum absolute atomic E-state index is 0.379. The van der Waals surface area contributed by atoms with Crippen LogP contribution in [0, 0.1) is 0 Å². The Morgan fingerprint density at radius 2 is 1.88 bits per heavy atom. The summed E-state index contributed by atoms with van der Waals surface area (Å²) in [6, 6.07) is 8.44. The van der Waals surface area contributed by atoms with Crippen molar-refractivity contribution in [1.82, 2.24) is 0 Å². The molecule has 0 radical (unpaired) electrons. The third-order valence-corrected chi connectivity index (χ3v) is 2.47. The second kappa shape index (κ2) is 5.73.